The smallest absolute Gasteiger partial charge is 0.311 e. The molecule has 1 unspecified atom stereocenters. The third-order valence-electron chi connectivity index (χ3n) is 3.84. The number of nitrogens with zero attached hydrogens (tertiary/aromatic N) is 1. The number of benzene rings is 2. The molecule has 0 aliphatic heterocycles. The number of esters is 1. The summed E-state index contributed by atoms with van der Waals surface area (Å²) < 4.78 is 6.19. The van der Waals surface area contributed by atoms with Crippen LogP contribution in [0.5, 0.6) is 0 Å². The molecule has 26 heavy (non-hydrogen) atoms. The maximum Gasteiger partial charge on any atom is 0.311 e. The van der Waals surface area contributed by atoms with Gasteiger partial charge >= 0.3 is 5.97 Å². The first-order chi connectivity index (χ1) is 12.5. The second-order valence-corrected chi connectivity index (χ2v) is 6.71. The van der Waals surface area contributed by atoms with Crippen molar-refractivity contribution in [3.05, 3.63) is 70.8 Å². The van der Waals surface area contributed by atoms with Crippen LogP contribution in [0.4, 0.5) is 5.69 Å². The standard InChI is InChI=1S/C20H17BrN2O3/c1-13(20(25)23-17-9-7-16(21)8-10-17)26-18(24)12-15-5-2-4-14-6-3-11-22-19(14)15/h2-11,13H,12H2,1H3,(H,23,25). The van der Waals surface area contributed by atoms with E-state index in [0.29, 0.717) is 5.69 Å². The molecule has 1 aromatic heterocycles. The summed E-state index contributed by atoms with van der Waals surface area (Å²) in [5, 5.41) is 3.68. The second-order valence-electron chi connectivity index (χ2n) is 5.80. The van der Waals surface area contributed by atoms with E-state index in [1.54, 1.807) is 25.3 Å². The van der Waals surface area contributed by atoms with Gasteiger partial charge in [0.25, 0.3) is 5.91 Å². The van der Waals surface area contributed by atoms with Crippen LogP contribution in [0.1, 0.15) is 12.5 Å². The first kappa shape index (κ1) is 18.1. The summed E-state index contributed by atoms with van der Waals surface area (Å²) in [6, 6.07) is 16.6. The number of carbonyl (C=O) groups excluding carboxylic acids is 2. The van der Waals surface area contributed by atoms with E-state index >= 15 is 0 Å². The first-order valence-corrected chi connectivity index (χ1v) is 8.91. The summed E-state index contributed by atoms with van der Waals surface area (Å²) in [5.41, 5.74) is 2.17. The van der Waals surface area contributed by atoms with Crippen molar-refractivity contribution in [2.24, 2.45) is 0 Å². The maximum absolute atomic E-state index is 12.2. The number of rotatable bonds is 5. The summed E-state index contributed by atoms with van der Waals surface area (Å²) in [4.78, 5) is 28.7. The Kier molecular flexibility index (Phi) is 5.63. The summed E-state index contributed by atoms with van der Waals surface area (Å²) in [5.74, 6) is -0.849. The summed E-state index contributed by atoms with van der Waals surface area (Å²) >= 11 is 3.33. The minimum absolute atomic E-state index is 0.0598. The van der Waals surface area contributed by atoms with Crippen molar-refractivity contribution in [1.82, 2.24) is 4.98 Å². The van der Waals surface area contributed by atoms with Crippen molar-refractivity contribution < 1.29 is 14.3 Å². The number of pyridine rings is 1. The van der Waals surface area contributed by atoms with Crippen molar-refractivity contribution >= 4 is 44.4 Å². The van der Waals surface area contributed by atoms with E-state index in [9.17, 15) is 9.59 Å². The molecule has 0 radical (unpaired) electrons. The number of aromatic nitrogens is 1. The minimum Gasteiger partial charge on any atom is -0.452 e. The maximum atomic E-state index is 12.2. The molecule has 6 heteroatoms. The van der Waals surface area contributed by atoms with Crippen LogP contribution < -0.4 is 5.32 Å². The fourth-order valence-corrected chi connectivity index (χ4v) is 2.80. The average Bonchev–Trinajstić information content (AvgIpc) is 2.64. The molecule has 0 saturated carbocycles. The monoisotopic (exact) mass is 412 g/mol. The highest BCUT2D eigenvalue weighted by Gasteiger charge is 2.19. The van der Waals surface area contributed by atoms with Crippen molar-refractivity contribution in [3.63, 3.8) is 0 Å². The predicted octanol–water partition coefficient (Wildman–Crippen LogP) is 4.11. The lowest BCUT2D eigenvalue weighted by Crippen LogP contribution is -2.30. The highest BCUT2D eigenvalue weighted by Crippen LogP contribution is 2.17. The molecule has 3 aromatic rings. The van der Waals surface area contributed by atoms with E-state index in [0.717, 1.165) is 20.9 Å². The van der Waals surface area contributed by atoms with Gasteiger partial charge in [-0.15, -0.1) is 0 Å². The van der Waals surface area contributed by atoms with Crippen LogP contribution in [0.15, 0.2) is 65.3 Å². The van der Waals surface area contributed by atoms with Crippen LogP contribution in [0.2, 0.25) is 0 Å². The third kappa shape index (κ3) is 4.46. The molecule has 2 aromatic carbocycles. The van der Waals surface area contributed by atoms with Crippen molar-refractivity contribution in [1.29, 1.82) is 0 Å². The van der Waals surface area contributed by atoms with Gasteiger partial charge in [-0.3, -0.25) is 14.6 Å². The van der Waals surface area contributed by atoms with Gasteiger partial charge in [0, 0.05) is 21.7 Å². The second kappa shape index (κ2) is 8.10. The molecule has 0 bridgehead atoms. The Labute approximate surface area is 159 Å². The molecule has 132 valence electrons. The first-order valence-electron chi connectivity index (χ1n) is 8.11. The number of carbonyl (C=O) groups is 2. The van der Waals surface area contributed by atoms with Crippen molar-refractivity contribution in [3.8, 4) is 0 Å². The Hall–Kier alpha value is -2.73. The fourth-order valence-electron chi connectivity index (χ4n) is 2.54. The van der Waals surface area contributed by atoms with E-state index in [2.05, 4.69) is 26.2 Å². The number of hydrogen-bond donors (Lipinski definition) is 1. The topological polar surface area (TPSA) is 68.3 Å². The van der Waals surface area contributed by atoms with Gasteiger partial charge in [0.2, 0.25) is 0 Å². The number of amides is 1. The predicted molar refractivity (Wildman–Crippen MR) is 104 cm³/mol. The van der Waals surface area contributed by atoms with E-state index in [1.165, 1.54) is 0 Å². The quantitative estimate of drug-likeness (QED) is 0.640. The van der Waals surface area contributed by atoms with E-state index in [1.807, 2.05) is 42.5 Å². The number of nitrogens with one attached hydrogen (secondary N) is 1. The van der Waals surface area contributed by atoms with Crippen LogP contribution in [0.25, 0.3) is 10.9 Å². The lowest BCUT2D eigenvalue weighted by atomic mass is 10.1. The highest BCUT2D eigenvalue weighted by atomic mass is 79.9. The Morgan fingerprint density at radius 2 is 1.85 bits per heavy atom. The lowest BCUT2D eigenvalue weighted by molar-refractivity contribution is -0.152. The van der Waals surface area contributed by atoms with Crippen molar-refractivity contribution in [2.75, 3.05) is 5.32 Å². The molecule has 0 aliphatic carbocycles. The Balaban J connectivity index is 1.61. The zero-order chi connectivity index (χ0) is 18.5. The lowest BCUT2D eigenvalue weighted by Gasteiger charge is -2.14. The largest absolute Gasteiger partial charge is 0.452 e. The SMILES string of the molecule is CC(OC(=O)Cc1cccc2cccnc12)C(=O)Nc1ccc(Br)cc1. The van der Waals surface area contributed by atoms with Crippen LogP contribution in [-0.2, 0) is 20.7 Å². The van der Waals surface area contributed by atoms with Crippen LogP contribution >= 0.6 is 15.9 Å². The number of halogens is 1. The van der Waals surface area contributed by atoms with Gasteiger partial charge in [-0.25, -0.2) is 0 Å². The van der Waals surface area contributed by atoms with Gasteiger partial charge in [0.1, 0.15) is 0 Å². The van der Waals surface area contributed by atoms with Crippen LogP contribution in [-0.4, -0.2) is 23.0 Å². The molecular weight excluding hydrogens is 396 g/mol. The van der Waals surface area contributed by atoms with Gasteiger partial charge in [-0.1, -0.05) is 40.2 Å². The van der Waals surface area contributed by atoms with E-state index in [4.69, 9.17) is 4.74 Å². The molecule has 1 atom stereocenters. The molecule has 0 saturated heterocycles. The van der Waals surface area contributed by atoms with Crippen molar-refractivity contribution in [2.45, 2.75) is 19.4 Å². The third-order valence-corrected chi connectivity index (χ3v) is 4.37. The number of para-hydroxylation sites is 1. The van der Waals surface area contributed by atoms with Gasteiger partial charge in [-0.2, -0.15) is 0 Å². The average molecular weight is 413 g/mol. The Morgan fingerprint density at radius 1 is 1.12 bits per heavy atom. The molecule has 0 aliphatic rings. The molecule has 1 amide bonds. The minimum atomic E-state index is -0.894. The Bertz CT molecular complexity index is 936. The molecule has 1 heterocycles. The Morgan fingerprint density at radius 3 is 2.62 bits per heavy atom. The summed E-state index contributed by atoms with van der Waals surface area (Å²) in [6.45, 7) is 1.55. The molecule has 3 rings (SSSR count). The van der Waals surface area contributed by atoms with Crippen LogP contribution in [0.3, 0.4) is 0 Å². The molecule has 1 N–H and O–H groups in total. The van der Waals surface area contributed by atoms with E-state index < -0.39 is 12.1 Å². The highest BCUT2D eigenvalue weighted by molar-refractivity contribution is 9.10. The number of ether oxygens (including phenoxy) is 1. The number of anilines is 1. The molecule has 0 fully saturated rings. The zero-order valence-corrected chi connectivity index (χ0v) is 15.7. The summed E-state index contributed by atoms with van der Waals surface area (Å²) in [6.07, 6.45) is 0.851. The zero-order valence-electron chi connectivity index (χ0n) is 14.1. The van der Waals surface area contributed by atoms with Gasteiger partial charge < -0.3 is 10.1 Å². The number of fused-ring (bicyclic) bond motifs is 1. The molecule has 0 spiro atoms. The summed E-state index contributed by atoms with van der Waals surface area (Å²) in [7, 11) is 0. The number of hydrogen-bond acceptors (Lipinski definition) is 4. The fraction of sp³-hybridized carbons (Fsp3) is 0.150. The van der Waals surface area contributed by atoms with Gasteiger partial charge in [0.15, 0.2) is 6.10 Å². The molecule has 5 nitrogen and oxygen atoms in total. The normalized spacial score (nSPS) is 11.8. The molecular formula is C20H17BrN2O3. The van der Waals surface area contributed by atoms with E-state index in [-0.39, 0.29) is 12.3 Å². The van der Waals surface area contributed by atoms with Gasteiger partial charge in [-0.05, 0) is 42.8 Å². The van der Waals surface area contributed by atoms with Crippen LogP contribution in [0, 0.1) is 0 Å². The van der Waals surface area contributed by atoms with Gasteiger partial charge in [0.05, 0.1) is 11.9 Å².